The molecule has 0 bridgehead atoms. The predicted octanol–water partition coefficient (Wildman–Crippen LogP) is 2.36. The van der Waals surface area contributed by atoms with Crippen molar-refractivity contribution in [3.05, 3.63) is 29.2 Å². The van der Waals surface area contributed by atoms with Gasteiger partial charge in [0.2, 0.25) is 0 Å². The number of nitrogens with zero attached hydrogens (tertiary/aromatic N) is 2. The number of thiophene rings is 1. The van der Waals surface area contributed by atoms with E-state index in [-0.39, 0.29) is 0 Å². The smallest absolute Gasteiger partial charge is 0.0568 e. The SMILES string of the molecule is c1cc(-c2cnn(C[C@H]3CCCN3)c2)cs1. The van der Waals surface area contributed by atoms with E-state index in [2.05, 4.69) is 38.1 Å². The van der Waals surface area contributed by atoms with Gasteiger partial charge < -0.3 is 5.32 Å². The topological polar surface area (TPSA) is 29.9 Å². The summed E-state index contributed by atoms with van der Waals surface area (Å²) in [5.41, 5.74) is 2.50. The molecular formula is C12H15N3S. The van der Waals surface area contributed by atoms with Crippen molar-refractivity contribution < 1.29 is 0 Å². The fraction of sp³-hybridized carbons (Fsp3) is 0.417. The first-order chi connectivity index (χ1) is 7.92. The van der Waals surface area contributed by atoms with Gasteiger partial charge in [-0.1, -0.05) is 0 Å². The van der Waals surface area contributed by atoms with Gasteiger partial charge in [-0.15, -0.1) is 0 Å². The highest BCUT2D eigenvalue weighted by Gasteiger charge is 2.14. The maximum atomic E-state index is 4.42. The zero-order valence-electron chi connectivity index (χ0n) is 9.10. The lowest BCUT2D eigenvalue weighted by atomic mass is 10.2. The van der Waals surface area contributed by atoms with Crippen molar-refractivity contribution >= 4 is 11.3 Å². The van der Waals surface area contributed by atoms with Crippen molar-refractivity contribution in [1.29, 1.82) is 0 Å². The molecule has 3 heterocycles. The van der Waals surface area contributed by atoms with Crippen LogP contribution in [-0.4, -0.2) is 22.4 Å². The molecule has 1 saturated heterocycles. The van der Waals surface area contributed by atoms with Crippen LogP contribution in [0.3, 0.4) is 0 Å². The van der Waals surface area contributed by atoms with Gasteiger partial charge in [0, 0.05) is 17.8 Å². The van der Waals surface area contributed by atoms with Crippen molar-refractivity contribution in [2.75, 3.05) is 6.54 Å². The maximum Gasteiger partial charge on any atom is 0.0568 e. The van der Waals surface area contributed by atoms with Crippen molar-refractivity contribution in [2.45, 2.75) is 25.4 Å². The van der Waals surface area contributed by atoms with Gasteiger partial charge in [-0.2, -0.15) is 16.4 Å². The van der Waals surface area contributed by atoms with E-state index in [0.29, 0.717) is 6.04 Å². The van der Waals surface area contributed by atoms with Crippen molar-refractivity contribution in [2.24, 2.45) is 0 Å². The Kier molecular flexibility index (Phi) is 2.76. The molecule has 4 heteroatoms. The first-order valence-electron chi connectivity index (χ1n) is 5.70. The van der Waals surface area contributed by atoms with E-state index < -0.39 is 0 Å². The number of hydrogen-bond acceptors (Lipinski definition) is 3. The molecule has 0 unspecified atom stereocenters. The second-order valence-corrected chi connectivity index (χ2v) is 5.04. The van der Waals surface area contributed by atoms with E-state index in [9.17, 15) is 0 Å². The minimum absolute atomic E-state index is 0.607. The Balaban J connectivity index is 1.72. The Hall–Kier alpha value is -1.13. The Morgan fingerprint density at radius 2 is 2.50 bits per heavy atom. The number of hydrogen-bond donors (Lipinski definition) is 1. The van der Waals surface area contributed by atoms with E-state index in [1.807, 2.05) is 6.20 Å². The standard InChI is InChI=1S/C12H15N3S/c1-2-12(13-4-1)8-15-7-11(6-14-15)10-3-5-16-9-10/h3,5-7,9,12-13H,1-2,4,8H2/t12-/m1/s1. The third-order valence-corrected chi connectivity index (χ3v) is 3.74. The van der Waals surface area contributed by atoms with Crippen molar-refractivity contribution in [3.8, 4) is 11.1 Å². The zero-order chi connectivity index (χ0) is 10.8. The Morgan fingerprint density at radius 1 is 1.50 bits per heavy atom. The Bertz CT molecular complexity index is 441. The van der Waals surface area contributed by atoms with Crippen LogP contribution in [0.15, 0.2) is 29.2 Å². The monoisotopic (exact) mass is 233 g/mol. The Labute approximate surface area is 99.1 Å². The van der Waals surface area contributed by atoms with Gasteiger partial charge in [0.25, 0.3) is 0 Å². The highest BCUT2D eigenvalue weighted by Crippen LogP contribution is 2.21. The molecule has 16 heavy (non-hydrogen) atoms. The summed E-state index contributed by atoms with van der Waals surface area (Å²) >= 11 is 1.73. The van der Waals surface area contributed by atoms with Crippen LogP contribution in [0.2, 0.25) is 0 Å². The fourth-order valence-corrected chi connectivity index (χ4v) is 2.84. The van der Waals surface area contributed by atoms with Gasteiger partial charge >= 0.3 is 0 Å². The van der Waals surface area contributed by atoms with Crippen LogP contribution in [-0.2, 0) is 6.54 Å². The molecular weight excluding hydrogens is 218 g/mol. The van der Waals surface area contributed by atoms with Crippen LogP contribution in [0.1, 0.15) is 12.8 Å². The minimum atomic E-state index is 0.607. The average Bonchev–Trinajstić information content (AvgIpc) is 2.99. The van der Waals surface area contributed by atoms with Gasteiger partial charge in [0.05, 0.1) is 12.7 Å². The summed E-state index contributed by atoms with van der Waals surface area (Å²) in [6, 6.07) is 2.75. The molecule has 1 N–H and O–H groups in total. The second kappa shape index (κ2) is 4.39. The van der Waals surface area contributed by atoms with E-state index in [1.54, 1.807) is 11.3 Å². The molecule has 2 aromatic rings. The van der Waals surface area contributed by atoms with Gasteiger partial charge in [0.1, 0.15) is 0 Å². The van der Waals surface area contributed by atoms with Crippen LogP contribution in [0, 0.1) is 0 Å². The molecule has 2 aromatic heterocycles. The van der Waals surface area contributed by atoms with E-state index in [1.165, 1.54) is 24.0 Å². The largest absolute Gasteiger partial charge is 0.312 e. The molecule has 3 nitrogen and oxygen atoms in total. The molecule has 84 valence electrons. The van der Waals surface area contributed by atoms with Gasteiger partial charge in [-0.25, -0.2) is 0 Å². The molecule has 3 rings (SSSR count). The van der Waals surface area contributed by atoms with Gasteiger partial charge in [-0.05, 0) is 41.8 Å². The average molecular weight is 233 g/mol. The summed E-state index contributed by atoms with van der Waals surface area (Å²) in [4.78, 5) is 0. The molecule has 0 spiro atoms. The maximum absolute atomic E-state index is 4.42. The summed E-state index contributed by atoms with van der Waals surface area (Å²) in [5, 5.41) is 12.2. The molecule has 1 fully saturated rings. The molecule has 1 aliphatic rings. The zero-order valence-corrected chi connectivity index (χ0v) is 9.91. The molecule has 1 atom stereocenters. The summed E-state index contributed by atoms with van der Waals surface area (Å²) in [6.45, 7) is 2.15. The summed E-state index contributed by atoms with van der Waals surface area (Å²) in [7, 11) is 0. The predicted molar refractivity (Wildman–Crippen MR) is 66.6 cm³/mol. The number of aromatic nitrogens is 2. The van der Waals surface area contributed by atoms with Crippen LogP contribution in [0.25, 0.3) is 11.1 Å². The normalized spacial score (nSPS) is 20.4. The Morgan fingerprint density at radius 3 is 3.25 bits per heavy atom. The lowest BCUT2D eigenvalue weighted by Gasteiger charge is -2.09. The molecule has 0 saturated carbocycles. The summed E-state index contributed by atoms with van der Waals surface area (Å²) in [5.74, 6) is 0. The first kappa shape index (κ1) is 10.1. The highest BCUT2D eigenvalue weighted by atomic mass is 32.1. The fourth-order valence-electron chi connectivity index (χ4n) is 2.18. The lowest BCUT2D eigenvalue weighted by Crippen LogP contribution is -2.26. The molecule has 0 aromatic carbocycles. The molecule has 0 radical (unpaired) electrons. The molecule has 1 aliphatic heterocycles. The van der Waals surface area contributed by atoms with E-state index in [4.69, 9.17) is 0 Å². The number of nitrogens with one attached hydrogen (secondary N) is 1. The highest BCUT2D eigenvalue weighted by molar-refractivity contribution is 7.08. The van der Waals surface area contributed by atoms with Crippen molar-refractivity contribution in [3.63, 3.8) is 0 Å². The minimum Gasteiger partial charge on any atom is -0.312 e. The van der Waals surface area contributed by atoms with Crippen LogP contribution >= 0.6 is 11.3 Å². The third kappa shape index (κ3) is 2.03. The second-order valence-electron chi connectivity index (χ2n) is 4.26. The molecule has 0 aliphatic carbocycles. The van der Waals surface area contributed by atoms with Gasteiger partial charge in [0.15, 0.2) is 0 Å². The van der Waals surface area contributed by atoms with Crippen LogP contribution in [0.5, 0.6) is 0 Å². The summed E-state index contributed by atoms with van der Waals surface area (Å²) < 4.78 is 2.05. The molecule has 0 amide bonds. The lowest BCUT2D eigenvalue weighted by molar-refractivity contribution is 0.476. The first-order valence-corrected chi connectivity index (χ1v) is 6.64. The third-order valence-electron chi connectivity index (χ3n) is 3.06. The van der Waals surface area contributed by atoms with E-state index >= 15 is 0 Å². The quantitative estimate of drug-likeness (QED) is 0.882. The van der Waals surface area contributed by atoms with Gasteiger partial charge in [-0.3, -0.25) is 4.68 Å². The summed E-state index contributed by atoms with van der Waals surface area (Å²) in [6.07, 6.45) is 6.66. The van der Waals surface area contributed by atoms with Crippen LogP contribution in [0.4, 0.5) is 0 Å². The van der Waals surface area contributed by atoms with Crippen LogP contribution < -0.4 is 5.32 Å². The number of rotatable bonds is 3. The van der Waals surface area contributed by atoms with E-state index in [0.717, 1.165) is 13.1 Å². The van der Waals surface area contributed by atoms with Crippen molar-refractivity contribution in [1.82, 2.24) is 15.1 Å².